The summed E-state index contributed by atoms with van der Waals surface area (Å²) in [5.41, 5.74) is -1.00. The quantitative estimate of drug-likeness (QED) is 0.761. The molecule has 2 rings (SSSR count). The van der Waals surface area contributed by atoms with Crippen LogP contribution >= 0.6 is 23.5 Å². The average Bonchev–Trinajstić information content (AvgIpc) is 2.33. The normalized spacial score (nSPS) is 11.1. The number of halogens is 1. The second-order valence-corrected chi connectivity index (χ2v) is 4.68. The average molecular weight is 289 g/mol. The molecule has 0 radical (unpaired) electrons. The first-order valence-corrected chi connectivity index (χ1v) is 6.36. The second kappa shape index (κ2) is 4.25. The summed E-state index contributed by atoms with van der Waals surface area (Å²) in [6.07, 6.45) is 1.57. The highest BCUT2D eigenvalue weighted by Crippen LogP contribution is 2.37. The number of fused-ring (bicyclic) bond motifs is 1. The van der Waals surface area contributed by atoms with E-state index in [0.717, 1.165) is 22.0 Å². The summed E-state index contributed by atoms with van der Waals surface area (Å²) in [7, 11) is 1.45. The van der Waals surface area contributed by atoms with E-state index < -0.39 is 22.7 Å². The van der Waals surface area contributed by atoms with Crippen LogP contribution < -0.4 is 11.2 Å². The number of aromatic hydroxyl groups is 2. The minimum atomic E-state index is -0.624. The lowest BCUT2D eigenvalue weighted by Gasteiger charge is -2.11. The van der Waals surface area contributed by atoms with Crippen LogP contribution in [0.3, 0.4) is 0 Å². The minimum Gasteiger partial charge on any atom is -0.504 e. The third kappa shape index (κ3) is 1.58. The van der Waals surface area contributed by atoms with Gasteiger partial charge >= 0.3 is 5.69 Å². The zero-order valence-corrected chi connectivity index (χ0v) is 11.0. The van der Waals surface area contributed by atoms with Crippen LogP contribution in [0.15, 0.2) is 15.7 Å². The molecule has 0 fully saturated rings. The van der Waals surface area contributed by atoms with Gasteiger partial charge in [-0.25, -0.2) is 4.79 Å². The van der Waals surface area contributed by atoms with Gasteiger partial charge in [-0.15, -0.1) is 0 Å². The standard InChI is InChI=1S/C10H9ClN2O4S/c1-12-4-3-5(14)8(15)7(11)6(4)9(16)13(18-2)10(12)17/h3,14-15H,1-2H3. The van der Waals surface area contributed by atoms with Gasteiger partial charge in [-0.3, -0.25) is 9.36 Å². The highest BCUT2D eigenvalue weighted by molar-refractivity contribution is 7.97. The number of phenolic OH excluding ortho intramolecular Hbond substituents is 2. The highest BCUT2D eigenvalue weighted by atomic mass is 35.5. The molecule has 1 heterocycles. The second-order valence-electron chi connectivity index (χ2n) is 3.58. The van der Waals surface area contributed by atoms with Gasteiger partial charge in [0, 0.05) is 19.4 Å². The van der Waals surface area contributed by atoms with Crippen molar-refractivity contribution in [1.82, 2.24) is 8.54 Å². The maximum absolute atomic E-state index is 12.1. The van der Waals surface area contributed by atoms with Crippen molar-refractivity contribution in [2.75, 3.05) is 6.26 Å². The summed E-state index contributed by atoms with van der Waals surface area (Å²) in [4.78, 5) is 23.9. The third-order valence-electron chi connectivity index (χ3n) is 2.60. The molecule has 0 amide bonds. The Hall–Kier alpha value is -1.60. The van der Waals surface area contributed by atoms with Gasteiger partial charge in [0.25, 0.3) is 5.56 Å². The lowest BCUT2D eigenvalue weighted by molar-refractivity contribution is 0.404. The molecule has 2 aromatic rings. The highest BCUT2D eigenvalue weighted by Gasteiger charge is 2.18. The molecule has 8 heteroatoms. The van der Waals surface area contributed by atoms with Gasteiger partial charge < -0.3 is 10.2 Å². The smallest absolute Gasteiger partial charge is 0.341 e. The maximum atomic E-state index is 12.1. The maximum Gasteiger partial charge on any atom is 0.341 e. The van der Waals surface area contributed by atoms with E-state index in [-0.39, 0.29) is 15.9 Å². The summed E-state index contributed by atoms with van der Waals surface area (Å²) in [6, 6.07) is 1.13. The lowest BCUT2D eigenvalue weighted by Crippen LogP contribution is -2.35. The number of aryl methyl sites for hydroxylation is 1. The molecule has 0 saturated heterocycles. The first-order valence-electron chi connectivity index (χ1n) is 4.80. The molecule has 0 bridgehead atoms. The van der Waals surface area contributed by atoms with Crippen LogP contribution in [0.2, 0.25) is 5.02 Å². The SMILES string of the molecule is CSn1c(=O)c2c(Cl)c(O)c(O)cc2n(C)c1=O. The molecule has 96 valence electrons. The molecule has 0 aliphatic rings. The van der Waals surface area contributed by atoms with E-state index in [1.54, 1.807) is 6.26 Å². The predicted molar refractivity (Wildman–Crippen MR) is 70.7 cm³/mol. The topological polar surface area (TPSA) is 84.5 Å². The molecule has 1 aromatic carbocycles. The number of nitrogens with zero attached hydrogens (tertiary/aromatic N) is 2. The van der Waals surface area contributed by atoms with E-state index in [1.807, 2.05) is 0 Å². The molecule has 18 heavy (non-hydrogen) atoms. The molecule has 1 aromatic heterocycles. The van der Waals surface area contributed by atoms with E-state index in [9.17, 15) is 19.8 Å². The molecule has 0 atom stereocenters. The molecule has 0 spiro atoms. The van der Waals surface area contributed by atoms with Crippen LogP contribution in [0, 0.1) is 0 Å². The largest absolute Gasteiger partial charge is 0.504 e. The van der Waals surface area contributed by atoms with Gasteiger partial charge in [0.05, 0.1) is 10.9 Å². The Balaban J connectivity index is 3.19. The fourth-order valence-corrected chi connectivity index (χ4v) is 2.48. The van der Waals surface area contributed by atoms with Gasteiger partial charge in [-0.1, -0.05) is 11.6 Å². The van der Waals surface area contributed by atoms with Gasteiger partial charge in [0.1, 0.15) is 5.02 Å². The Labute approximate surface area is 110 Å². The number of hydrogen-bond acceptors (Lipinski definition) is 5. The Morgan fingerprint density at radius 1 is 1.33 bits per heavy atom. The van der Waals surface area contributed by atoms with Gasteiger partial charge in [-0.05, 0) is 11.9 Å². The molecule has 0 saturated carbocycles. The molecule has 2 N–H and O–H groups in total. The van der Waals surface area contributed by atoms with Crippen LogP contribution in [0.4, 0.5) is 0 Å². The number of rotatable bonds is 1. The Bertz CT molecular complexity index is 765. The summed E-state index contributed by atoms with van der Waals surface area (Å²) in [5, 5.41) is 18.7. The Kier molecular flexibility index (Phi) is 3.04. The first kappa shape index (κ1) is 12.8. The lowest BCUT2D eigenvalue weighted by atomic mass is 10.2. The Morgan fingerprint density at radius 3 is 2.50 bits per heavy atom. The molecule has 0 aliphatic carbocycles. The van der Waals surface area contributed by atoms with Crippen LogP contribution in [-0.2, 0) is 7.05 Å². The molecular formula is C10H9ClN2O4S. The summed E-state index contributed by atoms with van der Waals surface area (Å²) in [6.45, 7) is 0. The number of phenols is 2. The summed E-state index contributed by atoms with van der Waals surface area (Å²) >= 11 is 6.78. The predicted octanol–water partition coefficient (Wildman–Crippen LogP) is 0.891. The molecule has 0 aliphatic heterocycles. The number of benzene rings is 1. The monoisotopic (exact) mass is 288 g/mol. The van der Waals surface area contributed by atoms with Crippen molar-refractivity contribution in [1.29, 1.82) is 0 Å². The van der Waals surface area contributed by atoms with Crippen molar-refractivity contribution >= 4 is 34.5 Å². The van der Waals surface area contributed by atoms with Gasteiger partial charge in [-0.2, -0.15) is 3.97 Å². The van der Waals surface area contributed by atoms with E-state index >= 15 is 0 Å². The van der Waals surface area contributed by atoms with E-state index in [4.69, 9.17) is 11.6 Å². The Morgan fingerprint density at radius 2 is 1.94 bits per heavy atom. The summed E-state index contributed by atoms with van der Waals surface area (Å²) < 4.78 is 2.10. The van der Waals surface area contributed by atoms with Crippen molar-refractivity contribution in [3.8, 4) is 11.5 Å². The molecule has 6 nitrogen and oxygen atoms in total. The zero-order chi connectivity index (χ0) is 13.6. The van der Waals surface area contributed by atoms with Gasteiger partial charge in [0.15, 0.2) is 11.5 Å². The summed E-state index contributed by atoms with van der Waals surface area (Å²) in [5.74, 6) is -1.06. The van der Waals surface area contributed by atoms with Crippen molar-refractivity contribution in [3.05, 3.63) is 31.9 Å². The van der Waals surface area contributed by atoms with E-state index in [1.165, 1.54) is 11.6 Å². The van der Waals surface area contributed by atoms with Crippen molar-refractivity contribution in [2.45, 2.75) is 0 Å². The minimum absolute atomic E-state index is 0.0107. The first-order chi connectivity index (χ1) is 8.40. The fourth-order valence-electron chi connectivity index (χ4n) is 1.67. The molecule has 0 unspecified atom stereocenters. The number of hydrogen-bond donors (Lipinski definition) is 2. The fraction of sp³-hybridized carbons (Fsp3) is 0.200. The van der Waals surface area contributed by atoms with E-state index in [0.29, 0.717) is 0 Å². The number of aromatic nitrogens is 2. The van der Waals surface area contributed by atoms with Crippen molar-refractivity contribution in [3.63, 3.8) is 0 Å². The van der Waals surface area contributed by atoms with Crippen LogP contribution in [0.1, 0.15) is 0 Å². The molecular weight excluding hydrogens is 280 g/mol. The van der Waals surface area contributed by atoms with E-state index in [2.05, 4.69) is 0 Å². The van der Waals surface area contributed by atoms with Crippen LogP contribution in [-0.4, -0.2) is 25.0 Å². The zero-order valence-electron chi connectivity index (χ0n) is 9.47. The van der Waals surface area contributed by atoms with Crippen LogP contribution in [0.5, 0.6) is 11.5 Å². The van der Waals surface area contributed by atoms with Crippen molar-refractivity contribution < 1.29 is 10.2 Å². The van der Waals surface area contributed by atoms with Crippen molar-refractivity contribution in [2.24, 2.45) is 7.05 Å². The van der Waals surface area contributed by atoms with Gasteiger partial charge in [0.2, 0.25) is 0 Å². The van der Waals surface area contributed by atoms with Crippen LogP contribution in [0.25, 0.3) is 10.9 Å². The third-order valence-corrected chi connectivity index (χ3v) is 3.66.